The molecule has 1 N–H and O–H groups in total. The van der Waals surface area contributed by atoms with Crippen molar-refractivity contribution in [3.8, 4) is 0 Å². The predicted molar refractivity (Wildman–Crippen MR) is 55.2 cm³/mol. The first-order valence-corrected chi connectivity index (χ1v) is 4.58. The first-order chi connectivity index (χ1) is 7.21. The highest BCUT2D eigenvalue weighted by atomic mass is 16.7. The lowest BCUT2D eigenvalue weighted by Crippen LogP contribution is -2.44. The van der Waals surface area contributed by atoms with Crippen LogP contribution in [0.2, 0.25) is 0 Å². The minimum absolute atomic E-state index is 0.698. The third kappa shape index (κ3) is 2.18. The molecule has 0 aliphatic carbocycles. The van der Waals surface area contributed by atoms with Crippen LogP contribution in [0.15, 0.2) is 30.3 Å². The van der Waals surface area contributed by atoms with Crippen molar-refractivity contribution in [2.24, 2.45) is 0 Å². The van der Waals surface area contributed by atoms with E-state index in [1.165, 1.54) is 21.3 Å². The fourth-order valence-electron chi connectivity index (χ4n) is 1.49. The molecule has 1 unspecified atom stereocenters. The van der Waals surface area contributed by atoms with Crippen molar-refractivity contribution < 1.29 is 19.3 Å². The number of rotatable bonds is 5. The zero-order valence-electron chi connectivity index (χ0n) is 9.14. The Morgan fingerprint density at radius 3 is 2.00 bits per heavy atom. The highest BCUT2D eigenvalue weighted by Gasteiger charge is 2.40. The van der Waals surface area contributed by atoms with Crippen LogP contribution in [0.1, 0.15) is 5.56 Å². The van der Waals surface area contributed by atoms with Crippen molar-refractivity contribution in [2.45, 2.75) is 12.1 Å². The summed E-state index contributed by atoms with van der Waals surface area (Å²) in [6.45, 7) is 0. The Balaban J connectivity index is 3.11. The number of aliphatic hydroxyl groups excluding tert-OH is 1. The first-order valence-electron chi connectivity index (χ1n) is 4.58. The second-order valence-electron chi connectivity index (χ2n) is 3.03. The third-order valence-electron chi connectivity index (χ3n) is 2.33. The van der Waals surface area contributed by atoms with E-state index < -0.39 is 12.1 Å². The van der Waals surface area contributed by atoms with Crippen LogP contribution in [0.5, 0.6) is 0 Å². The number of benzene rings is 1. The number of hydrogen-bond donors (Lipinski definition) is 1. The summed E-state index contributed by atoms with van der Waals surface area (Å²) in [6, 6.07) is 9.15. The minimum atomic E-state index is -1.28. The van der Waals surface area contributed by atoms with Gasteiger partial charge in [0.15, 0.2) is 0 Å². The maximum absolute atomic E-state index is 9.75. The molecule has 15 heavy (non-hydrogen) atoms. The lowest BCUT2D eigenvalue weighted by molar-refractivity contribution is -0.329. The Morgan fingerprint density at radius 2 is 1.60 bits per heavy atom. The van der Waals surface area contributed by atoms with Crippen molar-refractivity contribution in [3.05, 3.63) is 35.9 Å². The van der Waals surface area contributed by atoms with Gasteiger partial charge in [-0.1, -0.05) is 30.3 Å². The number of ether oxygens (including phenoxy) is 3. The van der Waals surface area contributed by atoms with Crippen LogP contribution in [0.25, 0.3) is 0 Å². The zero-order chi connectivity index (χ0) is 11.3. The Labute approximate surface area is 89.4 Å². The van der Waals surface area contributed by atoms with Crippen molar-refractivity contribution >= 4 is 0 Å². The third-order valence-corrected chi connectivity index (χ3v) is 2.33. The Kier molecular flexibility index (Phi) is 4.23. The molecular formula is C11H16O4. The predicted octanol–water partition coefficient (Wildman–Crippen LogP) is 1.10. The van der Waals surface area contributed by atoms with Gasteiger partial charge in [0.05, 0.1) is 0 Å². The van der Waals surface area contributed by atoms with Gasteiger partial charge in [0.1, 0.15) is 0 Å². The molecule has 0 bridgehead atoms. The molecule has 0 aliphatic heterocycles. The molecule has 0 radical (unpaired) electrons. The highest BCUT2D eigenvalue weighted by molar-refractivity contribution is 5.21. The molecule has 0 fully saturated rings. The quantitative estimate of drug-likeness (QED) is 0.742. The van der Waals surface area contributed by atoms with Gasteiger partial charge in [-0.25, -0.2) is 0 Å². The molecule has 1 rings (SSSR count). The summed E-state index contributed by atoms with van der Waals surface area (Å²) in [6.07, 6.45) is -1.19. The van der Waals surface area contributed by atoms with E-state index in [0.29, 0.717) is 5.56 Å². The average molecular weight is 212 g/mol. The summed E-state index contributed by atoms with van der Waals surface area (Å²) >= 11 is 0. The number of aliphatic hydroxyl groups is 1. The van der Waals surface area contributed by atoms with Crippen molar-refractivity contribution in [3.63, 3.8) is 0 Å². The summed E-state index contributed by atoms with van der Waals surface area (Å²) in [5, 5.41) is 9.75. The zero-order valence-corrected chi connectivity index (χ0v) is 9.14. The lowest BCUT2D eigenvalue weighted by Gasteiger charge is -2.34. The number of methoxy groups -OCH3 is 3. The minimum Gasteiger partial charge on any atom is -0.363 e. The summed E-state index contributed by atoms with van der Waals surface area (Å²) in [4.78, 5) is 0. The molecule has 0 saturated carbocycles. The van der Waals surface area contributed by atoms with Crippen LogP contribution in [0.3, 0.4) is 0 Å². The lowest BCUT2D eigenvalue weighted by atomic mass is 10.1. The van der Waals surface area contributed by atoms with Crippen molar-refractivity contribution in [1.82, 2.24) is 0 Å². The highest BCUT2D eigenvalue weighted by Crippen LogP contribution is 2.30. The molecule has 0 spiro atoms. The van der Waals surface area contributed by atoms with Crippen LogP contribution < -0.4 is 0 Å². The van der Waals surface area contributed by atoms with E-state index in [1.807, 2.05) is 18.2 Å². The molecule has 0 heterocycles. The van der Waals surface area contributed by atoms with Crippen LogP contribution in [-0.4, -0.2) is 32.7 Å². The number of hydrogen-bond acceptors (Lipinski definition) is 4. The normalized spacial score (nSPS) is 13.9. The first kappa shape index (κ1) is 12.1. The van der Waals surface area contributed by atoms with E-state index >= 15 is 0 Å². The molecular weight excluding hydrogens is 196 g/mol. The van der Waals surface area contributed by atoms with E-state index in [1.54, 1.807) is 12.1 Å². The summed E-state index contributed by atoms with van der Waals surface area (Å²) in [7, 11) is 4.30. The van der Waals surface area contributed by atoms with Gasteiger partial charge in [0.2, 0.25) is 12.1 Å². The molecule has 0 saturated heterocycles. The van der Waals surface area contributed by atoms with E-state index in [0.717, 1.165) is 0 Å². The van der Waals surface area contributed by atoms with E-state index in [2.05, 4.69) is 0 Å². The van der Waals surface area contributed by atoms with Crippen molar-refractivity contribution in [2.75, 3.05) is 21.3 Å². The molecule has 84 valence electrons. The van der Waals surface area contributed by atoms with Gasteiger partial charge in [-0.15, -0.1) is 0 Å². The fraction of sp³-hybridized carbons (Fsp3) is 0.455. The second-order valence-corrected chi connectivity index (χ2v) is 3.03. The van der Waals surface area contributed by atoms with E-state index in [-0.39, 0.29) is 0 Å². The summed E-state index contributed by atoms with van der Waals surface area (Å²) < 4.78 is 15.3. The maximum atomic E-state index is 9.75. The molecule has 0 aliphatic rings. The maximum Gasteiger partial charge on any atom is 0.247 e. The van der Waals surface area contributed by atoms with Gasteiger partial charge < -0.3 is 19.3 Å². The second kappa shape index (κ2) is 5.23. The molecule has 0 aromatic heterocycles. The standard InChI is InChI=1S/C11H16O4/c1-13-10(12)11(14-2,15-3)9-7-5-4-6-8-9/h4-8,10,12H,1-3H3. The fourth-order valence-corrected chi connectivity index (χ4v) is 1.49. The van der Waals surface area contributed by atoms with Gasteiger partial charge in [-0.2, -0.15) is 0 Å². The molecule has 1 aromatic rings. The largest absolute Gasteiger partial charge is 0.363 e. The molecule has 4 nitrogen and oxygen atoms in total. The van der Waals surface area contributed by atoms with Crippen molar-refractivity contribution in [1.29, 1.82) is 0 Å². The summed E-state index contributed by atoms with van der Waals surface area (Å²) in [5.41, 5.74) is 0.698. The van der Waals surface area contributed by atoms with Crippen LogP contribution in [-0.2, 0) is 20.0 Å². The van der Waals surface area contributed by atoms with Gasteiger partial charge in [0, 0.05) is 26.9 Å². The topological polar surface area (TPSA) is 47.9 Å². The Hall–Kier alpha value is -0.940. The van der Waals surface area contributed by atoms with Crippen LogP contribution in [0, 0.1) is 0 Å². The Morgan fingerprint density at radius 1 is 1.07 bits per heavy atom. The molecule has 4 heteroatoms. The summed E-state index contributed by atoms with van der Waals surface area (Å²) in [5.74, 6) is -1.28. The molecule has 1 aromatic carbocycles. The van der Waals surface area contributed by atoms with Gasteiger partial charge >= 0.3 is 0 Å². The SMILES string of the molecule is COC(O)C(OC)(OC)c1ccccc1. The van der Waals surface area contributed by atoms with Crippen LogP contribution in [0.4, 0.5) is 0 Å². The van der Waals surface area contributed by atoms with Gasteiger partial charge in [-0.3, -0.25) is 0 Å². The molecule has 0 amide bonds. The monoisotopic (exact) mass is 212 g/mol. The average Bonchev–Trinajstić information content (AvgIpc) is 2.32. The van der Waals surface area contributed by atoms with Crippen LogP contribution >= 0.6 is 0 Å². The smallest absolute Gasteiger partial charge is 0.247 e. The Bertz CT molecular complexity index is 282. The van der Waals surface area contributed by atoms with Gasteiger partial charge in [-0.05, 0) is 0 Å². The van der Waals surface area contributed by atoms with E-state index in [4.69, 9.17) is 14.2 Å². The van der Waals surface area contributed by atoms with E-state index in [9.17, 15) is 5.11 Å². The molecule has 1 atom stereocenters. The van der Waals surface area contributed by atoms with Gasteiger partial charge in [0.25, 0.3) is 0 Å².